The number of hydrogen-bond acceptors (Lipinski definition) is 7. The van der Waals surface area contributed by atoms with Crippen LogP contribution in [0.2, 0.25) is 0 Å². The number of amides is 5. The van der Waals surface area contributed by atoms with E-state index in [0.29, 0.717) is 5.56 Å². The van der Waals surface area contributed by atoms with E-state index < -0.39 is 66.1 Å². The van der Waals surface area contributed by atoms with Crippen LogP contribution in [0.3, 0.4) is 0 Å². The average molecular weight is 594 g/mol. The molecule has 0 saturated carbocycles. The highest BCUT2D eigenvalue weighted by atomic mass is 16.4. The van der Waals surface area contributed by atoms with Gasteiger partial charge in [-0.1, -0.05) is 48.5 Å². The van der Waals surface area contributed by atoms with Gasteiger partial charge in [-0.15, -0.1) is 0 Å². The Labute approximate surface area is 246 Å². The second kappa shape index (κ2) is 15.1. The zero-order chi connectivity index (χ0) is 31.5. The van der Waals surface area contributed by atoms with Gasteiger partial charge in [0.2, 0.25) is 29.5 Å². The van der Waals surface area contributed by atoms with Gasteiger partial charge in [-0.25, -0.2) is 4.79 Å². The maximum atomic E-state index is 13.2. The molecule has 11 N–H and O–H groups in total. The van der Waals surface area contributed by atoms with E-state index in [-0.39, 0.29) is 25.7 Å². The molecule has 1 heterocycles. The standard InChI is InChI=1S/C29H35N7O7/c30-19(13-17-15-33-20-9-5-4-8-18(17)20)26(39)35-22(14-25(32)38)28(41)34-21(10-11-24(31)37)27(40)36-23(29(42)43)12-16-6-2-1-3-7-16/h1-9,15,19,21-23,33H,10-14,30H2,(H2,31,37)(H2,32,38)(H,34,41)(H,35,39)(H,36,40)(H,42,43). The lowest BCUT2D eigenvalue weighted by molar-refractivity contribution is -0.142. The highest BCUT2D eigenvalue weighted by Crippen LogP contribution is 2.19. The Bertz CT molecular complexity index is 1470. The molecule has 14 heteroatoms. The smallest absolute Gasteiger partial charge is 0.326 e. The zero-order valence-corrected chi connectivity index (χ0v) is 23.2. The average Bonchev–Trinajstić information content (AvgIpc) is 3.37. The summed E-state index contributed by atoms with van der Waals surface area (Å²) in [5.74, 6) is -5.63. The minimum atomic E-state index is -1.51. The summed E-state index contributed by atoms with van der Waals surface area (Å²) >= 11 is 0. The Balaban J connectivity index is 1.71. The number of carboxylic acids is 1. The predicted octanol–water partition coefficient (Wildman–Crippen LogP) is -1.04. The first kappa shape index (κ1) is 32.3. The highest BCUT2D eigenvalue weighted by Gasteiger charge is 2.31. The number of aromatic nitrogens is 1. The van der Waals surface area contributed by atoms with Crippen molar-refractivity contribution in [3.8, 4) is 0 Å². The van der Waals surface area contributed by atoms with Crippen LogP contribution in [-0.2, 0) is 41.6 Å². The van der Waals surface area contributed by atoms with Crippen molar-refractivity contribution in [2.24, 2.45) is 17.2 Å². The molecule has 0 bridgehead atoms. The number of rotatable bonds is 16. The van der Waals surface area contributed by atoms with Crippen molar-refractivity contribution in [2.75, 3.05) is 0 Å². The van der Waals surface area contributed by atoms with Gasteiger partial charge in [-0.2, -0.15) is 0 Å². The normalized spacial score (nSPS) is 13.7. The van der Waals surface area contributed by atoms with E-state index in [4.69, 9.17) is 17.2 Å². The summed E-state index contributed by atoms with van der Waals surface area (Å²) in [6, 6.07) is 10.6. The molecule has 4 unspecified atom stereocenters. The molecule has 0 aliphatic heterocycles. The number of aromatic amines is 1. The number of para-hydroxylation sites is 1. The van der Waals surface area contributed by atoms with E-state index in [9.17, 15) is 33.9 Å². The monoisotopic (exact) mass is 593 g/mol. The van der Waals surface area contributed by atoms with Crippen LogP contribution in [0.15, 0.2) is 60.8 Å². The third-order valence-electron chi connectivity index (χ3n) is 6.70. The lowest BCUT2D eigenvalue weighted by Gasteiger charge is -2.24. The highest BCUT2D eigenvalue weighted by molar-refractivity contribution is 5.96. The molecule has 4 atom stereocenters. The van der Waals surface area contributed by atoms with Crippen molar-refractivity contribution in [2.45, 2.75) is 56.3 Å². The number of carbonyl (C=O) groups is 6. The molecule has 0 aliphatic rings. The molecule has 5 amide bonds. The van der Waals surface area contributed by atoms with Gasteiger partial charge >= 0.3 is 5.97 Å². The van der Waals surface area contributed by atoms with Crippen molar-refractivity contribution >= 4 is 46.4 Å². The van der Waals surface area contributed by atoms with Crippen LogP contribution < -0.4 is 33.2 Å². The quantitative estimate of drug-likeness (QED) is 0.102. The molecule has 2 aromatic carbocycles. The molecule has 0 radical (unpaired) electrons. The van der Waals surface area contributed by atoms with Gasteiger partial charge in [0.05, 0.1) is 12.5 Å². The Kier molecular flexibility index (Phi) is 11.3. The summed E-state index contributed by atoms with van der Waals surface area (Å²) in [5.41, 5.74) is 18.9. The summed E-state index contributed by atoms with van der Waals surface area (Å²) in [4.78, 5) is 77.4. The van der Waals surface area contributed by atoms with Crippen LogP contribution in [0.5, 0.6) is 0 Å². The third kappa shape index (κ3) is 9.67. The minimum absolute atomic E-state index is 0.0485. The fourth-order valence-corrected chi connectivity index (χ4v) is 4.47. The molecule has 14 nitrogen and oxygen atoms in total. The zero-order valence-electron chi connectivity index (χ0n) is 23.2. The number of H-pyrrole nitrogens is 1. The van der Waals surface area contributed by atoms with Crippen LogP contribution in [-0.4, -0.2) is 69.8 Å². The SMILES string of the molecule is NC(=O)CCC(NC(=O)C(CC(N)=O)NC(=O)C(N)Cc1c[nH]c2ccccc12)C(=O)NC(Cc1ccccc1)C(=O)O. The number of nitrogens with two attached hydrogens (primary N) is 3. The van der Waals surface area contributed by atoms with Crippen LogP contribution in [0.4, 0.5) is 0 Å². The molecule has 0 fully saturated rings. The van der Waals surface area contributed by atoms with E-state index in [2.05, 4.69) is 20.9 Å². The third-order valence-corrected chi connectivity index (χ3v) is 6.70. The lowest BCUT2D eigenvalue weighted by Crippen LogP contribution is -2.58. The van der Waals surface area contributed by atoms with Crippen molar-refractivity contribution in [3.63, 3.8) is 0 Å². The van der Waals surface area contributed by atoms with Gasteiger partial charge in [0.15, 0.2) is 0 Å². The van der Waals surface area contributed by atoms with E-state index in [0.717, 1.165) is 16.5 Å². The van der Waals surface area contributed by atoms with Crippen LogP contribution in [0.1, 0.15) is 30.4 Å². The minimum Gasteiger partial charge on any atom is -0.480 e. The number of primary amides is 2. The molecule has 0 saturated heterocycles. The summed E-state index contributed by atoms with van der Waals surface area (Å²) < 4.78 is 0. The van der Waals surface area contributed by atoms with Crippen molar-refractivity contribution < 1.29 is 33.9 Å². The predicted molar refractivity (Wildman–Crippen MR) is 156 cm³/mol. The molecule has 3 aromatic rings. The number of aliphatic carboxylic acids is 1. The fraction of sp³-hybridized carbons (Fsp3) is 0.310. The molecule has 3 rings (SSSR count). The summed E-state index contributed by atoms with van der Waals surface area (Å²) in [6.45, 7) is 0. The summed E-state index contributed by atoms with van der Waals surface area (Å²) in [5, 5.41) is 17.7. The lowest BCUT2D eigenvalue weighted by atomic mass is 10.0. The molecule has 1 aromatic heterocycles. The van der Waals surface area contributed by atoms with Gasteiger partial charge in [-0.05, 0) is 30.0 Å². The summed E-state index contributed by atoms with van der Waals surface area (Å²) in [6.07, 6.45) is 0.567. The maximum absolute atomic E-state index is 13.2. The number of hydrogen-bond donors (Lipinski definition) is 8. The Hall–Kier alpha value is -5.24. The molecule has 43 heavy (non-hydrogen) atoms. The maximum Gasteiger partial charge on any atom is 0.326 e. The van der Waals surface area contributed by atoms with Crippen molar-refractivity contribution in [1.82, 2.24) is 20.9 Å². The number of nitrogens with one attached hydrogen (secondary N) is 4. The second-order valence-electron chi connectivity index (χ2n) is 10.1. The van der Waals surface area contributed by atoms with Crippen LogP contribution in [0, 0.1) is 0 Å². The molecule has 0 aliphatic carbocycles. The number of carboxylic acid groups (broad SMARTS) is 1. The summed E-state index contributed by atoms with van der Waals surface area (Å²) in [7, 11) is 0. The number of benzene rings is 2. The van der Waals surface area contributed by atoms with E-state index >= 15 is 0 Å². The Morgan fingerprint density at radius 2 is 1.35 bits per heavy atom. The first-order valence-electron chi connectivity index (χ1n) is 13.5. The van der Waals surface area contributed by atoms with Gasteiger partial charge in [0.25, 0.3) is 0 Å². The Morgan fingerprint density at radius 3 is 2.00 bits per heavy atom. The van der Waals surface area contributed by atoms with Crippen molar-refractivity contribution in [1.29, 1.82) is 0 Å². The van der Waals surface area contributed by atoms with E-state index in [1.54, 1.807) is 36.5 Å². The topological polar surface area (TPSA) is 253 Å². The van der Waals surface area contributed by atoms with E-state index in [1.807, 2.05) is 24.3 Å². The van der Waals surface area contributed by atoms with E-state index in [1.165, 1.54) is 0 Å². The second-order valence-corrected chi connectivity index (χ2v) is 10.1. The number of fused-ring (bicyclic) bond motifs is 1. The molecule has 0 spiro atoms. The first-order valence-corrected chi connectivity index (χ1v) is 13.5. The molecular formula is C29H35N7O7. The fourth-order valence-electron chi connectivity index (χ4n) is 4.47. The van der Waals surface area contributed by atoms with Gasteiger partial charge in [0, 0.05) is 29.9 Å². The first-order chi connectivity index (χ1) is 20.4. The molecular weight excluding hydrogens is 558 g/mol. The van der Waals surface area contributed by atoms with Crippen molar-refractivity contribution in [3.05, 3.63) is 71.9 Å². The van der Waals surface area contributed by atoms with Crippen LogP contribution in [0.25, 0.3) is 10.9 Å². The molecule has 228 valence electrons. The Morgan fingerprint density at radius 1 is 0.744 bits per heavy atom. The largest absolute Gasteiger partial charge is 0.480 e. The van der Waals surface area contributed by atoms with Gasteiger partial charge in [0.1, 0.15) is 18.1 Å². The van der Waals surface area contributed by atoms with Crippen LogP contribution >= 0.6 is 0 Å². The van der Waals surface area contributed by atoms with Gasteiger partial charge in [-0.3, -0.25) is 24.0 Å². The number of carbonyl (C=O) groups excluding carboxylic acids is 5. The van der Waals surface area contributed by atoms with Gasteiger partial charge < -0.3 is 43.2 Å².